The normalized spacial score (nSPS) is 10.6. The summed E-state index contributed by atoms with van der Waals surface area (Å²) in [7, 11) is 3.61. The van der Waals surface area contributed by atoms with Crippen molar-refractivity contribution in [1.82, 2.24) is 24.7 Å². The summed E-state index contributed by atoms with van der Waals surface area (Å²) in [5.41, 5.74) is 2.11. The van der Waals surface area contributed by atoms with E-state index in [-0.39, 0.29) is 0 Å². The van der Waals surface area contributed by atoms with Gasteiger partial charge in [-0.25, -0.2) is 19.3 Å². The average Bonchev–Trinajstić information content (AvgIpc) is 2.94. The van der Waals surface area contributed by atoms with E-state index in [1.165, 1.54) is 6.07 Å². The lowest BCUT2D eigenvalue weighted by Crippen LogP contribution is -1.99. The van der Waals surface area contributed by atoms with Crippen molar-refractivity contribution in [2.45, 2.75) is 0 Å². The van der Waals surface area contributed by atoms with Gasteiger partial charge in [-0.15, -0.1) is 0 Å². The fraction of sp³-hybridized carbons (Fsp3) is 0.143. The quantitative estimate of drug-likeness (QED) is 0.798. The fourth-order valence-electron chi connectivity index (χ4n) is 1.90. The van der Waals surface area contributed by atoms with Gasteiger partial charge < -0.3 is 5.32 Å². The van der Waals surface area contributed by atoms with Crippen molar-refractivity contribution in [2.75, 3.05) is 12.4 Å². The number of anilines is 1. The standard InChI is InChI=1S/C14H13FN6/c1-16-13-5-12(9-6-18-21(2)8-9)19-14(20-13)11-4-3-10(15)7-17-11/h3-8H,1-2H3,(H,16,19,20). The second kappa shape index (κ2) is 5.28. The lowest BCUT2D eigenvalue weighted by atomic mass is 10.2. The third-order valence-corrected chi connectivity index (χ3v) is 2.94. The summed E-state index contributed by atoms with van der Waals surface area (Å²) in [5.74, 6) is 0.696. The first-order chi connectivity index (χ1) is 10.2. The molecule has 0 atom stereocenters. The zero-order chi connectivity index (χ0) is 14.8. The summed E-state index contributed by atoms with van der Waals surface area (Å²) in [4.78, 5) is 12.8. The molecule has 7 heteroatoms. The van der Waals surface area contributed by atoms with Crippen molar-refractivity contribution < 1.29 is 4.39 Å². The third kappa shape index (κ3) is 2.71. The van der Waals surface area contributed by atoms with Gasteiger partial charge in [0.15, 0.2) is 5.82 Å². The number of aryl methyl sites for hydroxylation is 1. The van der Waals surface area contributed by atoms with Gasteiger partial charge in [-0.3, -0.25) is 4.68 Å². The van der Waals surface area contributed by atoms with E-state index in [0.29, 0.717) is 17.3 Å². The monoisotopic (exact) mass is 284 g/mol. The molecule has 6 nitrogen and oxygen atoms in total. The molecule has 0 amide bonds. The Balaban J connectivity index is 2.10. The molecule has 3 heterocycles. The Morgan fingerprint density at radius 2 is 2.00 bits per heavy atom. The first kappa shape index (κ1) is 13.2. The molecule has 0 aliphatic rings. The summed E-state index contributed by atoms with van der Waals surface area (Å²) in [5, 5.41) is 7.12. The van der Waals surface area contributed by atoms with Crippen LogP contribution in [0.25, 0.3) is 22.8 Å². The molecule has 0 aromatic carbocycles. The van der Waals surface area contributed by atoms with Crippen molar-refractivity contribution in [3.05, 3.63) is 42.6 Å². The summed E-state index contributed by atoms with van der Waals surface area (Å²) in [6.45, 7) is 0. The zero-order valence-corrected chi connectivity index (χ0v) is 11.6. The highest BCUT2D eigenvalue weighted by Gasteiger charge is 2.10. The van der Waals surface area contributed by atoms with Gasteiger partial charge in [0.25, 0.3) is 0 Å². The Kier molecular flexibility index (Phi) is 3.31. The molecule has 106 valence electrons. The highest BCUT2D eigenvalue weighted by atomic mass is 19.1. The van der Waals surface area contributed by atoms with E-state index in [0.717, 1.165) is 17.5 Å². The van der Waals surface area contributed by atoms with Crippen LogP contribution in [0, 0.1) is 5.82 Å². The molecular formula is C14H13FN6. The van der Waals surface area contributed by atoms with Crippen LogP contribution < -0.4 is 5.32 Å². The Morgan fingerprint density at radius 1 is 1.14 bits per heavy atom. The zero-order valence-electron chi connectivity index (χ0n) is 11.6. The molecule has 1 N–H and O–H groups in total. The third-order valence-electron chi connectivity index (χ3n) is 2.94. The van der Waals surface area contributed by atoms with Crippen molar-refractivity contribution in [3.8, 4) is 22.8 Å². The molecule has 0 saturated heterocycles. The number of halogens is 1. The van der Waals surface area contributed by atoms with Crippen LogP contribution >= 0.6 is 0 Å². The highest BCUT2D eigenvalue weighted by molar-refractivity contribution is 5.65. The fourth-order valence-corrected chi connectivity index (χ4v) is 1.90. The first-order valence-corrected chi connectivity index (χ1v) is 6.33. The van der Waals surface area contributed by atoms with Crippen molar-refractivity contribution in [2.24, 2.45) is 7.05 Å². The van der Waals surface area contributed by atoms with Crippen LogP contribution in [-0.2, 0) is 7.05 Å². The molecule has 0 unspecified atom stereocenters. The van der Waals surface area contributed by atoms with Gasteiger partial charge in [-0.2, -0.15) is 5.10 Å². The summed E-state index contributed by atoms with van der Waals surface area (Å²) < 4.78 is 14.7. The molecule has 0 fully saturated rings. The molecular weight excluding hydrogens is 271 g/mol. The predicted molar refractivity (Wildman–Crippen MR) is 77.0 cm³/mol. The van der Waals surface area contributed by atoms with Gasteiger partial charge in [0.2, 0.25) is 0 Å². The van der Waals surface area contributed by atoms with Crippen molar-refractivity contribution >= 4 is 5.82 Å². The minimum Gasteiger partial charge on any atom is -0.373 e. The second-order valence-electron chi connectivity index (χ2n) is 4.48. The van der Waals surface area contributed by atoms with E-state index < -0.39 is 5.82 Å². The molecule has 0 saturated carbocycles. The average molecular weight is 284 g/mol. The second-order valence-corrected chi connectivity index (χ2v) is 4.48. The number of hydrogen-bond acceptors (Lipinski definition) is 5. The van der Waals surface area contributed by atoms with Crippen LogP contribution in [-0.4, -0.2) is 31.8 Å². The molecule has 21 heavy (non-hydrogen) atoms. The Hall–Kier alpha value is -2.83. The maximum absolute atomic E-state index is 13.0. The lowest BCUT2D eigenvalue weighted by molar-refractivity contribution is 0.621. The molecule has 0 bridgehead atoms. The van der Waals surface area contributed by atoms with E-state index in [1.54, 1.807) is 24.0 Å². The summed E-state index contributed by atoms with van der Waals surface area (Å²) in [6, 6.07) is 4.71. The Labute approximate surface area is 120 Å². The van der Waals surface area contributed by atoms with E-state index in [9.17, 15) is 4.39 Å². The maximum Gasteiger partial charge on any atom is 0.180 e. The van der Waals surface area contributed by atoms with Gasteiger partial charge >= 0.3 is 0 Å². The number of pyridine rings is 1. The molecule has 0 aliphatic carbocycles. The maximum atomic E-state index is 13.0. The number of aromatic nitrogens is 5. The number of nitrogens with one attached hydrogen (secondary N) is 1. The minimum atomic E-state index is -0.393. The van der Waals surface area contributed by atoms with E-state index >= 15 is 0 Å². The van der Waals surface area contributed by atoms with Gasteiger partial charge in [0.1, 0.15) is 17.3 Å². The summed E-state index contributed by atoms with van der Waals surface area (Å²) >= 11 is 0. The van der Waals surface area contributed by atoms with Crippen molar-refractivity contribution in [1.29, 1.82) is 0 Å². The minimum absolute atomic E-state index is 0.393. The van der Waals surface area contributed by atoms with E-state index in [4.69, 9.17) is 0 Å². The van der Waals surface area contributed by atoms with Gasteiger partial charge in [0.05, 0.1) is 18.1 Å². The Morgan fingerprint density at radius 3 is 2.62 bits per heavy atom. The first-order valence-electron chi connectivity index (χ1n) is 6.33. The van der Waals surface area contributed by atoms with Gasteiger partial charge in [-0.05, 0) is 12.1 Å². The number of hydrogen-bond donors (Lipinski definition) is 1. The van der Waals surface area contributed by atoms with Crippen LogP contribution in [0.15, 0.2) is 36.8 Å². The Bertz CT molecular complexity index is 765. The van der Waals surface area contributed by atoms with Crippen LogP contribution in [0.5, 0.6) is 0 Å². The van der Waals surface area contributed by atoms with Crippen LogP contribution in [0.4, 0.5) is 10.2 Å². The van der Waals surface area contributed by atoms with Gasteiger partial charge in [0, 0.05) is 31.9 Å². The summed E-state index contributed by atoms with van der Waals surface area (Å²) in [6.07, 6.45) is 4.74. The predicted octanol–water partition coefficient (Wildman–Crippen LogP) is 2.12. The van der Waals surface area contributed by atoms with Crippen molar-refractivity contribution in [3.63, 3.8) is 0 Å². The molecule has 3 rings (SSSR count). The highest BCUT2D eigenvalue weighted by Crippen LogP contribution is 2.22. The molecule has 0 aliphatic heterocycles. The smallest absolute Gasteiger partial charge is 0.180 e. The van der Waals surface area contributed by atoms with Gasteiger partial charge in [-0.1, -0.05) is 0 Å². The van der Waals surface area contributed by atoms with Crippen LogP contribution in [0.3, 0.4) is 0 Å². The molecule has 0 radical (unpaired) electrons. The SMILES string of the molecule is CNc1cc(-c2cnn(C)c2)nc(-c2ccc(F)cn2)n1. The molecule has 3 aromatic rings. The largest absolute Gasteiger partial charge is 0.373 e. The van der Waals surface area contributed by atoms with E-state index in [1.807, 2.05) is 19.3 Å². The molecule has 3 aromatic heterocycles. The number of nitrogens with zero attached hydrogens (tertiary/aromatic N) is 5. The van der Waals surface area contributed by atoms with Crippen LogP contribution in [0.1, 0.15) is 0 Å². The topological polar surface area (TPSA) is 68.5 Å². The van der Waals surface area contributed by atoms with Crippen LogP contribution in [0.2, 0.25) is 0 Å². The number of rotatable bonds is 3. The van der Waals surface area contributed by atoms with E-state index in [2.05, 4.69) is 25.4 Å². The lowest BCUT2D eigenvalue weighted by Gasteiger charge is -2.06. The molecule has 0 spiro atoms.